The molecular weight excluding hydrogens is 502 g/mol. The van der Waals surface area contributed by atoms with Gasteiger partial charge in [-0.25, -0.2) is 27.5 Å². The first-order chi connectivity index (χ1) is 16.8. The second kappa shape index (κ2) is 10.4. The molecule has 0 radical (unpaired) electrons. The summed E-state index contributed by atoms with van der Waals surface area (Å²) < 4.78 is 74.4. The van der Waals surface area contributed by atoms with E-state index in [4.69, 9.17) is 15.6 Å². The lowest BCUT2D eigenvalue weighted by Gasteiger charge is -2.33. The fourth-order valence-corrected chi connectivity index (χ4v) is 3.41. The minimum absolute atomic E-state index is 0.0917. The summed E-state index contributed by atoms with van der Waals surface area (Å²) in [7, 11) is 1.48. The molecule has 3 aromatic heterocycles. The highest BCUT2D eigenvalue weighted by molar-refractivity contribution is 6.08. The largest absolute Gasteiger partial charge is 0.490 e. The Labute approximate surface area is 198 Å². The number of alkyl halides is 6. The molecule has 1 aliphatic rings. The summed E-state index contributed by atoms with van der Waals surface area (Å²) in [6.07, 6.45) is -4.52. The van der Waals surface area contributed by atoms with E-state index in [2.05, 4.69) is 20.5 Å². The van der Waals surface area contributed by atoms with Crippen LogP contribution in [0.15, 0.2) is 24.7 Å². The second-order valence-electron chi connectivity index (χ2n) is 7.77. The Bertz CT molecular complexity index is 1230. The molecule has 0 aromatic carbocycles. The van der Waals surface area contributed by atoms with Gasteiger partial charge in [0, 0.05) is 32.0 Å². The maximum atomic E-state index is 13.9. The number of carboxylic acid groups (broad SMARTS) is 1. The van der Waals surface area contributed by atoms with Crippen LogP contribution in [-0.2, 0) is 11.8 Å². The molecular formula is C19H20F6N8O3. The third-order valence-corrected chi connectivity index (χ3v) is 4.91. The van der Waals surface area contributed by atoms with Crippen molar-refractivity contribution in [3.8, 4) is 0 Å². The average Bonchev–Trinajstić information content (AvgIpc) is 3.35. The van der Waals surface area contributed by atoms with E-state index in [0.717, 1.165) is 0 Å². The Morgan fingerprint density at radius 3 is 2.53 bits per heavy atom. The van der Waals surface area contributed by atoms with E-state index in [1.807, 2.05) is 0 Å². The molecule has 196 valence electrons. The number of hydrogen-bond donors (Lipinski definition) is 3. The number of piperidine rings is 1. The molecule has 2 atom stereocenters. The molecule has 1 aliphatic heterocycles. The van der Waals surface area contributed by atoms with E-state index < -0.39 is 36.3 Å². The Kier molecular flexibility index (Phi) is 7.71. The molecule has 0 aliphatic carbocycles. The van der Waals surface area contributed by atoms with E-state index in [1.165, 1.54) is 28.6 Å². The van der Waals surface area contributed by atoms with Gasteiger partial charge in [0.25, 0.3) is 12.3 Å². The number of nitrogens with one attached hydrogen (secondary N) is 1. The van der Waals surface area contributed by atoms with Gasteiger partial charge in [-0.1, -0.05) is 0 Å². The van der Waals surface area contributed by atoms with Gasteiger partial charge >= 0.3 is 12.1 Å². The summed E-state index contributed by atoms with van der Waals surface area (Å²) >= 11 is 0. The van der Waals surface area contributed by atoms with Gasteiger partial charge in [0.05, 0.1) is 18.4 Å². The van der Waals surface area contributed by atoms with Crippen molar-refractivity contribution >= 4 is 29.0 Å². The molecule has 1 fully saturated rings. The molecule has 3 aromatic rings. The van der Waals surface area contributed by atoms with Crippen molar-refractivity contribution in [2.75, 3.05) is 23.3 Å². The monoisotopic (exact) mass is 522 g/mol. The van der Waals surface area contributed by atoms with Crippen LogP contribution in [0.4, 0.5) is 37.8 Å². The highest BCUT2D eigenvalue weighted by Crippen LogP contribution is 2.26. The fraction of sp³-hybridized carbons (Fsp3) is 0.421. The number of anilines is 2. The molecule has 36 heavy (non-hydrogen) atoms. The number of nitrogens with two attached hydrogens (primary N) is 1. The van der Waals surface area contributed by atoms with Crippen LogP contribution in [0.1, 0.15) is 28.9 Å². The van der Waals surface area contributed by atoms with Crippen LogP contribution >= 0.6 is 0 Å². The van der Waals surface area contributed by atoms with E-state index in [1.54, 1.807) is 17.2 Å². The van der Waals surface area contributed by atoms with Crippen LogP contribution in [-0.4, -0.2) is 72.8 Å². The van der Waals surface area contributed by atoms with Gasteiger partial charge in [-0.15, -0.1) is 0 Å². The van der Waals surface area contributed by atoms with Crippen LogP contribution in [0.25, 0.3) is 5.65 Å². The smallest absolute Gasteiger partial charge is 0.475 e. The van der Waals surface area contributed by atoms with E-state index in [0.29, 0.717) is 12.4 Å². The molecule has 4 N–H and O–H groups in total. The first kappa shape index (κ1) is 26.7. The molecule has 1 amide bonds. The predicted octanol–water partition coefficient (Wildman–Crippen LogP) is 2.16. The summed E-state index contributed by atoms with van der Waals surface area (Å²) in [5.41, 5.74) is 5.58. The summed E-state index contributed by atoms with van der Waals surface area (Å²) in [4.78, 5) is 27.7. The number of amides is 1. The Morgan fingerprint density at radius 2 is 1.94 bits per heavy atom. The van der Waals surface area contributed by atoms with E-state index in [9.17, 15) is 31.1 Å². The zero-order chi connectivity index (χ0) is 26.8. The number of carbonyl (C=O) groups is 2. The second-order valence-corrected chi connectivity index (χ2v) is 7.77. The lowest BCUT2D eigenvalue weighted by molar-refractivity contribution is -0.192. The number of aliphatic carboxylic acids is 1. The van der Waals surface area contributed by atoms with Crippen LogP contribution in [0, 0.1) is 0 Å². The molecule has 0 unspecified atom stereocenters. The number of carbonyl (C=O) groups excluding carboxylic acids is 1. The molecule has 17 heteroatoms. The number of rotatable bonds is 4. The van der Waals surface area contributed by atoms with E-state index >= 15 is 0 Å². The van der Waals surface area contributed by atoms with Crippen molar-refractivity contribution in [2.45, 2.75) is 31.2 Å². The predicted molar refractivity (Wildman–Crippen MR) is 112 cm³/mol. The SMILES string of the molecule is Cn1cc(NC(=O)c2cnn3ccc(N4C[C@H](N)C[C@H](F)C4)nc23)c(C(F)F)n1.O=C(O)C(F)(F)F. The number of halogens is 6. The quantitative estimate of drug-likeness (QED) is 0.443. The summed E-state index contributed by atoms with van der Waals surface area (Å²) in [5, 5.41) is 17.3. The zero-order valence-electron chi connectivity index (χ0n) is 18.5. The van der Waals surface area contributed by atoms with Crippen LogP contribution in [0.5, 0.6) is 0 Å². The standard InChI is InChI=1S/C17H19F3N8O.C2HF3O2/c1-26-8-12(14(25-26)15(19)20)23-17(29)11-5-22-28-3-2-13(24-16(11)28)27-6-9(18)4-10(21)7-27;3-2(4,5)1(6)7/h2-3,5,8-10,15H,4,6-7,21H2,1H3,(H,23,29);(H,6,7)/t9-,10+;/m0./s1. The molecule has 4 rings (SSSR count). The van der Waals surface area contributed by atoms with Crippen molar-refractivity contribution in [1.29, 1.82) is 0 Å². The molecule has 0 saturated carbocycles. The molecule has 0 spiro atoms. The Balaban J connectivity index is 0.000000454. The molecule has 1 saturated heterocycles. The Morgan fingerprint density at radius 1 is 1.28 bits per heavy atom. The van der Waals surface area contributed by atoms with Crippen molar-refractivity contribution in [2.24, 2.45) is 12.8 Å². The summed E-state index contributed by atoms with van der Waals surface area (Å²) in [6, 6.07) is 1.34. The first-order valence-electron chi connectivity index (χ1n) is 10.2. The van der Waals surface area contributed by atoms with Crippen LogP contribution in [0.3, 0.4) is 0 Å². The summed E-state index contributed by atoms with van der Waals surface area (Å²) in [5.74, 6) is -2.95. The van der Waals surface area contributed by atoms with Crippen LogP contribution < -0.4 is 16.0 Å². The zero-order valence-corrected chi connectivity index (χ0v) is 18.5. The minimum Gasteiger partial charge on any atom is -0.475 e. The minimum atomic E-state index is -5.08. The third kappa shape index (κ3) is 6.21. The fourth-order valence-electron chi connectivity index (χ4n) is 3.41. The van der Waals surface area contributed by atoms with E-state index in [-0.39, 0.29) is 35.9 Å². The number of nitrogens with zero attached hydrogens (tertiary/aromatic N) is 6. The van der Waals surface area contributed by atoms with Crippen molar-refractivity contribution in [3.05, 3.63) is 35.9 Å². The number of fused-ring (bicyclic) bond motifs is 1. The lowest BCUT2D eigenvalue weighted by Crippen LogP contribution is -2.48. The Hall–Kier alpha value is -3.89. The van der Waals surface area contributed by atoms with Gasteiger partial charge in [0.1, 0.15) is 17.6 Å². The highest BCUT2D eigenvalue weighted by Gasteiger charge is 2.38. The highest BCUT2D eigenvalue weighted by atomic mass is 19.4. The number of carboxylic acids is 1. The van der Waals surface area contributed by atoms with Crippen molar-refractivity contribution < 1.29 is 41.0 Å². The average molecular weight is 522 g/mol. The molecule has 11 nitrogen and oxygen atoms in total. The van der Waals surface area contributed by atoms with Crippen molar-refractivity contribution in [3.63, 3.8) is 0 Å². The molecule has 4 heterocycles. The van der Waals surface area contributed by atoms with Gasteiger partial charge in [0.15, 0.2) is 11.3 Å². The van der Waals surface area contributed by atoms with Gasteiger partial charge in [-0.05, 0) is 12.5 Å². The maximum absolute atomic E-state index is 13.9. The number of hydrogen-bond acceptors (Lipinski definition) is 7. The number of aryl methyl sites for hydroxylation is 1. The molecule has 0 bridgehead atoms. The third-order valence-electron chi connectivity index (χ3n) is 4.91. The summed E-state index contributed by atoms with van der Waals surface area (Å²) in [6.45, 7) is 0.590. The van der Waals surface area contributed by atoms with Crippen molar-refractivity contribution in [1.82, 2.24) is 24.4 Å². The maximum Gasteiger partial charge on any atom is 0.490 e. The lowest BCUT2D eigenvalue weighted by atomic mass is 10.1. The van der Waals surface area contributed by atoms with Gasteiger partial charge in [-0.3, -0.25) is 9.48 Å². The van der Waals surface area contributed by atoms with Gasteiger partial charge in [-0.2, -0.15) is 23.4 Å². The first-order valence-corrected chi connectivity index (χ1v) is 10.2. The normalized spacial score (nSPS) is 18.2. The number of aromatic nitrogens is 5. The van der Waals surface area contributed by atoms with Gasteiger partial charge in [0.2, 0.25) is 0 Å². The van der Waals surface area contributed by atoms with Gasteiger partial charge < -0.3 is 21.1 Å². The van der Waals surface area contributed by atoms with Crippen LogP contribution in [0.2, 0.25) is 0 Å². The topological polar surface area (TPSA) is 144 Å².